The summed E-state index contributed by atoms with van der Waals surface area (Å²) in [7, 11) is 0. The second-order valence-corrected chi connectivity index (χ2v) is 4.42. The molecule has 1 aliphatic rings. The van der Waals surface area contributed by atoms with Gasteiger partial charge in [-0.05, 0) is 25.0 Å². The minimum Gasteiger partial charge on any atom is -0.382 e. The Morgan fingerprint density at radius 1 is 0.933 bits per heavy atom. The van der Waals surface area contributed by atoms with Crippen LogP contribution in [0.4, 0.5) is 5.69 Å². The van der Waals surface area contributed by atoms with E-state index in [1.807, 2.05) is 12.4 Å². The van der Waals surface area contributed by atoms with E-state index >= 15 is 0 Å². The smallest absolute Gasteiger partial charge is 0.0373 e. The predicted octanol–water partition coefficient (Wildman–Crippen LogP) is 3.61. The Bertz CT molecular complexity index is 263. The molecule has 1 fully saturated rings. The molecular weight excluding hydrogens is 184 g/mol. The van der Waals surface area contributed by atoms with Gasteiger partial charge in [0.2, 0.25) is 0 Å². The molecule has 2 rings (SSSR count). The van der Waals surface area contributed by atoms with Crippen LogP contribution in [0.25, 0.3) is 0 Å². The van der Waals surface area contributed by atoms with Crippen LogP contribution in [0.3, 0.4) is 0 Å². The molecular formula is C13H20N2. The van der Waals surface area contributed by atoms with E-state index < -0.39 is 0 Å². The van der Waals surface area contributed by atoms with Gasteiger partial charge in [0.25, 0.3) is 0 Å². The summed E-state index contributed by atoms with van der Waals surface area (Å²) in [6.45, 7) is 0. The molecule has 82 valence electrons. The maximum Gasteiger partial charge on any atom is 0.0373 e. The minimum absolute atomic E-state index is 0.674. The maximum absolute atomic E-state index is 4.03. The van der Waals surface area contributed by atoms with E-state index in [1.54, 1.807) is 0 Å². The quantitative estimate of drug-likeness (QED) is 0.796. The largest absolute Gasteiger partial charge is 0.382 e. The van der Waals surface area contributed by atoms with Gasteiger partial charge in [-0.3, -0.25) is 4.98 Å². The summed E-state index contributed by atoms with van der Waals surface area (Å²) < 4.78 is 0. The number of hydrogen-bond acceptors (Lipinski definition) is 2. The van der Waals surface area contributed by atoms with Gasteiger partial charge in [-0.25, -0.2) is 0 Å². The molecule has 0 aliphatic heterocycles. The van der Waals surface area contributed by atoms with Crippen molar-refractivity contribution >= 4 is 5.69 Å². The lowest BCUT2D eigenvalue weighted by molar-refractivity contribution is 0.471. The molecule has 0 unspecified atom stereocenters. The molecule has 1 heterocycles. The Balaban J connectivity index is 1.86. The van der Waals surface area contributed by atoms with E-state index in [-0.39, 0.29) is 0 Å². The van der Waals surface area contributed by atoms with Crippen LogP contribution >= 0.6 is 0 Å². The fourth-order valence-corrected chi connectivity index (χ4v) is 2.28. The summed E-state index contributed by atoms with van der Waals surface area (Å²) >= 11 is 0. The molecule has 1 saturated carbocycles. The van der Waals surface area contributed by atoms with Gasteiger partial charge >= 0.3 is 0 Å². The molecule has 0 radical (unpaired) electrons. The molecule has 15 heavy (non-hydrogen) atoms. The van der Waals surface area contributed by atoms with Gasteiger partial charge in [0.05, 0.1) is 0 Å². The fourth-order valence-electron chi connectivity index (χ4n) is 2.28. The van der Waals surface area contributed by atoms with Crippen molar-refractivity contribution in [2.45, 2.75) is 51.0 Å². The van der Waals surface area contributed by atoms with E-state index in [4.69, 9.17) is 0 Å². The summed E-state index contributed by atoms with van der Waals surface area (Å²) in [5.74, 6) is 0. The Hall–Kier alpha value is -1.05. The Labute approximate surface area is 92.1 Å². The third-order valence-corrected chi connectivity index (χ3v) is 3.16. The van der Waals surface area contributed by atoms with Crippen molar-refractivity contribution in [1.29, 1.82) is 0 Å². The van der Waals surface area contributed by atoms with Gasteiger partial charge in [-0.15, -0.1) is 0 Å². The zero-order chi connectivity index (χ0) is 10.3. The lowest BCUT2D eigenvalue weighted by Crippen LogP contribution is -2.20. The normalized spacial score (nSPS) is 19.2. The van der Waals surface area contributed by atoms with Crippen molar-refractivity contribution in [1.82, 2.24) is 4.98 Å². The SMILES string of the molecule is c1cc(NC2CCCCCCC2)ccn1. The predicted molar refractivity (Wildman–Crippen MR) is 64.0 cm³/mol. The molecule has 0 saturated heterocycles. The van der Waals surface area contributed by atoms with Gasteiger partial charge in [-0.1, -0.05) is 32.1 Å². The monoisotopic (exact) mass is 204 g/mol. The highest BCUT2D eigenvalue weighted by atomic mass is 14.9. The Morgan fingerprint density at radius 2 is 1.53 bits per heavy atom. The first kappa shape index (κ1) is 10.5. The molecule has 0 atom stereocenters. The number of nitrogens with zero attached hydrogens (tertiary/aromatic N) is 1. The number of aromatic nitrogens is 1. The maximum atomic E-state index is 4.03. The first-order valence-electron chi connectivity index (χ1n) is 6.12. The van der Waals surface area contributed by atoms with Gasteiger partial charge in [0.15, 0.2) is 0 Å². The highest BCUT2D eigenvalue weighted by molar-refractivity contribution is 5.41. The van der Waals surface area contributed by atoms with E-state index in [0.29, 0.717) is 6.04 Å². The first-order chi connectivity index (χ1) is 7.45. The standard InChI is InChI=1S/C13H20N2/c1-2-4-6-12(7-5-3-1)15-13-8-10-14-11-9-13/h8-12H,1-7H2,(H,14,15). The van der Waals surface area contributed by atoms with E-state index in [1.165, 1.54) is 50.6 Å². The summed E-state index contributed by atoms with van der Waals surface area (Å²) in [5.41, 5.74) is 1.22. The molecule has 2 nitrogen and oxygen atoms in total. The third kappa shape index (κ3) is 3.54. The number of anilines is 1. The average Bonchev–Trinajstić information content (AvgIpc) is 2.23. The van der Waals surface area contributed by atoms with Crippen LogP contribution in [-0.2, 0) is 0 Å². The van der Waals surface area contributed by atoms with Crippen molar-refractivity contribution in [3.8, 4) is 0 Å². The molecule has 0 bridgehead atoms. The zero-order valence-corrected chi connectivity index (χ0v) is 9.28. The Morgan fingerprint density at radius 3 is 2.20 bits per heavy atom. The van der Waals surface area contributed by atoms with Crippen molar-refractivity contribution in [3.05, 3.63) is 24.5 Å². The second kappa shape index (κ2) is 5.74. The summed E-state index contributed by atoms with van der Waals surface area (Å²) in [6.07, 6.45) is 13.4. The van der Waals surface area contributed by atoms with Crippen LogP contribution in [0.5, 0.6) is 0 Å². The van der Waals surface area contributed by atoms with Crippen LogP contribution in [0, 0.1) is 0 Å². The summed E-state index contributed by atoms with van der Waals surface area (Å²) in [6, 6.07) is 4.78. The minimum atomic E-state index is 0.674. The highest BCUT2D eigenvalue weighted by Gasteiger charge is 2.10. The van der Waals surface area contributed by atoms with Gasteiger partial charge in [-0.2, -0.15) is 0 Å². The highest BCUT2D eigenvalue weighted by Crippen LogP contribution is 2.20. The van der Waals surface area contributed by atoms with Crippen molar-refractivity contribution in [2.24, 2.45) is 0 Å². The van der Waals surface area contributed by atoms with Crippen LogP contribution in [-0.4, -0.2) is 11.0 Å². The van der Waals surface area contributed by atoms with Crippen LogP contribution in [0.1, 0.15) is 44.9 Å². The topological polar surface area (TPSA) is 24.9 Å². The third-order valence-electron chi connectivity index (χ3n) is 3.16. The van der Waals surface area contributed by atoms with E-state index in [2.05, 4.69) is 22.4 Å². The molecule has 1 aromatic heterocycles. The van der Waals surface area contributed by atoms with Gasteiger partial charge < -0.3 is 5.32 Å². The van der Waals surface area contributed by atoms with Gasteiger partial charge in [0.1, 0.15) is 0 Å². The number of hydrogen-bond donors (Lipinski definition) is 1. The molecule has 0 aromatic carbocycles. The van der Waals surface area contributed by atoms with Crippen LogP contribution in [0.2, 0.25) is 0 Å². The summed E-state index contributed by atoms with van der Waals surface area (Å²) in [4.78, 5) is 4.03. The fraction of sp³-hybridized carbons (Fsp3) is 0.615. The second-order valence-electron chi connectivity index (χ2n) is 4.42. The van der Waals surface area contributed by atoms with Crippen molar-refractivity contribution in [3.63, 3.8) is 0 Å². The number of nitrogens with one attached hydrogen (secondary N) is 1. The molecule has 1 N–H and O–H groups in total. The lowest BCUT2D eigenvalue weighted by atomic mass is 9.96. The molecule has 2 heteroatoms. The van der Waals surface area contributed by atoms with E-state index in [9.17, 15) is 0 Å². The molecule has 1 aliphatic carbocycles. The van der Waals surface area contributed by atoms with Crippen molar-refractivity contribution in [2.75, 3.05) is 5.32 Å². The number of rotatable bonds is 2. The van der Waals surface area contributed by atoms with Crippen LogP contribution < -0.4 is 5.32 Å². The van der Waals surface area contributed by atoms with E-state index in [0.717, 1.165) is 0 Å². The van der Waals surface area contributed by atoms with Crippen molar-refractivity contribution < 1.29 is 0 Å². The molecule has 0 amide bonds. The van der Waals surface area contributed by atoms with Crippen LogP contribution in [0.15, 0.2) is 24.5 Å². The number of pyridine rings is 1. The summed E-state index contributed by atoms with van der Waals surface area (Å²) in [5, 5.41) is 3.61. The average molecular weight is 204 g/mol. The zero-order valence-electron chi connectivity index (χ0n) is 9.28. The Kier molecular flexibility index (Phi) is 4.01. The lowest BCUT2D eigenvalue weighted by Gasteiger charge is -2.21. The molecule has 1 aromatic rings. The van der Waals surface area contributed by atoms with Gasteiger partial charge in [0, 0.05) is 24.1 Å². The molecule has 0 spiro atoms. The first-order valence-corrected chi connectivity index (χ1v) is 6.12.